The monoisotopic (exact) mass is 393 g/mol. The lowest BCUT2D eigenvalue weighted by Crippen LogP contribution is -2.44. The minimum Gasteiger partial charge on any atom is -0.347 e. The van der Waals surface area contributed by atoms with Crippen molar-refractivity contribution in [2.75, 3.05) is 0 Å². The molecular weight excluding hydrogens is 366 g/mol. The van der Waals surface area contributed by atoms with Gasteiger partial charge in [-0.05, 0) is 58.2 Å². The largest absolute Gasteiger partial charge is 0.347 e. The summed E-state index contributed by atoms with van der Waals surface area (Å²) in [5.41, 5.74) is 1.65. The second kappa shape index (κ2) is 6.83. The highest BCUT2D eigenvalue weighted by Gasteiger charge is 2.25. The van der Waals surface area contributed by atoms with Crippen LogP contribution in [0.5, 0.6) is 0 Å². The van der Waals surface area contributed by atoms with Crippen molar-refractivity contribution in [1.29, 1.82) is 5.41 Å². The van der Waals surface area contributed by atoms with E-state index in [9.17, 15) is 9.59 Å². The normalized spacial score (nSPS) is 15.3. The quantitative estimate of drug-likeness (QED) is 0.656. The van der Waals surface area contributed by atoms with E-state index in [4.69, 9.17) is 10.4 Å². The Morgan fingerprint density at radius 3 is 2.59 bits per heavy atom. The fraction of sp³-hybridized carbons (Fsp3) is 0.455. The summed E-state index contributed by atoms with van der Waals surface area (Å²) in [5, 5.41) is 12.1. The van der Waals surface area contributed by atoms with Gasteiger partial charge in [-0.3, -0.25) is 19.4 Å². The molecule has 0 unspecified atom stereocenters. The van der Waals surface area contributed by atoms with E-state index in [0.717, 1.165) is 31.2 Å². The molecule has 0 radical (unpaired) electrons. The van der Waals surface area contributed by atoms with Crippen molar-refractivity contribution >= 4 is 22.6 Å². The number of nitrogens with one attached hydrogen (secondary N) is 2. The number of hydrogen-bond acceptors (Lipinski definition) is 4. The van der Waals surface area contributed by atoms with Crippen LogP contribution in [0.2, 0.25) is 0 Å². The molecule has 7 nitrogen and oxygen atoms in total. The fourth-order valence-corrected chi connectivity index (χ4v) is 4.16. The van der Waals surface area contributed by atoms with Crippen molar-refractivity contribution in [2.45, 2.75) is 65.0 Å². The standard InChI is InChI=1S/C22H27N5O2/c1-13-8-7-11-26-18(13)24-19-16(21(26)29)12-15(20(28)25-22(2,3)4)17(23)27(19)14-9-5-6-10-14/h7-8,11-12,14,23H,5-6,9-10H2,1-4H3,(H,25,28). The van der Waals surface area contributed by atoms with E-state index < -0.39 is 5.54 Å². The van der Waals surface area contributed by atoms with E-state index in [1.807, 2.05) is 44.4 Å². The second-order valence-electron chi connectivity index (χ2n) is 8.96. The lowest BCUT2D eigenvalue weighted by molar-refractivity contribution is 0.0917. The Kier molecular flexibility index (Phi) is 4.56. The van der Waals surface area contributed by atoms with Crippen LogP contribution in [0.15, 0.2) is 29.2 Å². The Labute approximate surface area is 168 Å². The number of nitrogens with zero attached hydrogens (tertiary/aromatic N) is 3. The maximum Gasteiger partial charge on any atom is 0.267 e. The third kappa shape index (κ3) is 3.34. The van der Waals surface area contributed by atoms with Crippen molar-refractivity contribution in [2.24, 2.45) is 0 Å². The lowest BCUT2D eigenvalue weighted by atomic mass is 10.1. The first-order valence-corrected chi connectivity index (χ1v) is 10.1. The Morgan fingerprint density at radius 2 is 1.93 bits per heavy atom. The SMILES string of the molecule is Cc1cccn2c(=O)c3cc(C(=O)NC(C)(C)C)c(=N)n(C4CCCC4)c3nc12. The number of aryl methyl sites for hydroxylation is 1. The van der Waals surface area contributed by atoms with E-state index in [1.54, 1.807) is 6.20 Å². The van der Waals surface area contributed by atoms with Crippen LogP contribution in [0.4, 0.5) is 0 Å². The summed E-state index contributed by atoms with van der Waals surface area (Å²) in [6.45, 7) is 7.61. The van der Waals surface area contributed by atoms with Crippen LogP contribution in [0.25, 0.3) is 16.7 Å². The van der Waals surface area contributed by atoms with Crippen molar-refractivity contribution in [1.82, 2.24) is 19.3 Å². The minimum absolute atomic E-state index is 0.0748. The first-order valence-electron chi connectivity index (χ1n) is 10.1. The van der Waals surface area contributed by atoms with Gasteiger partial charge in [-0.25, -0.2) is 4.98 Å². The molecule has 29 heavy (non-hydrogen) atoms. The number of aromatic nitrogens is 3. The summed E-state index contributed by atoms with van der Waals surface area (Å²) in [4.78, 5) is 31.0. The van der Waals surface area contributed by atoms with Crippen LogP contribution in [0.1, 0.15) is 68.4 Å². The number of hydrogen-bond donors (Lipinski definition) is 2. The van der Waals surface area contributed by atoms with Gasteiger partial charge in [-0.15, -0.1) is 0 Å². The van der Waals surface area contributed by atoms with Crippen LogP contribution < -0.4 is 16.4 Å². The van der Waals surface area contributed by atoms with Gasteiger partial charge in [0.2, 0.25) is 0 Å². The van der Waals surface area contributed by atoms with Crippen molar-refractivity contribution < 1.29 is 4.79 Å². The van der Waals surface area contributed by atoms with Crippen molar-refractivity contribution in [3.05, 3.63) is 51.4 Å². The van der Waals surface area contributed by atoms with Gasteiger partial charge >= 0.3 is 0 Å². The molecule has 4 rings (SSSR count). The molecule has 0 saturated heterocycles. The zero-order valence-electron chi connectivity index (χ0n) is 17.4. The molecule has 3 heterocycles. The maximum atomic E-state index is 13.3. The molecule has 0 aliphatic heterocycles. The molecule has 3 aromatic rings. The third-order valence-electron chi connectivity index (χ3n) is 5.50. The summed E-state index contributed by atoms with van der Waals surface area (Å²) in [7, 11) is 0. The average Bonchev–Trinajstić information content (AvgIpc) is 3.15. The summed E-state index contributed by atoms with van der Waals surface area (Å²) in [5.74, 6) is -0.343. The highest BCUT2D eigenvalue weighted by Crippen LogP contribution is 2.30. The summed E-state index contributed by atoms with van der Waals surface area (Å²) in [6.07, 6.45) is 5.68. The smallest absolute Gasteiger partial charge is 0.267 e. The van der Waals surface area contributed by atoms with Gasteiger partial charge in [0.1, 0.15) is 16.8 Å². The number of amides is 1. The van der Waals surface area contributed by atoms with E-state index in [2.05, 4.69) is 5.32 Å². The predicted molar refractivity (Wildman–Crippen MR) is 112 cm³/mol. The summed E-state index contributed by atoms with van der Waals surface area (Å²) in [6, 6.07) is 5.34. The zero-order chi connectivity index (χ0) is 20.9. The molecule has 2 N–H and O–H groups in total. The number of pyridine rings is 2. The molecule has 0 aromatic carbocycles. The van der Waals surface area contributed by atoms with Gasteiger partial charge in [0, 0.05) is 17.8 Å². The molecule has 152 valence electrons. The molecule has 1 aliphatic carbocycles. The van der Waals surface area contributed by atoms with E-state index in [1.165, 1.54) is 10.5 Å². The summed E-state index contributed by atoms with van der Waals surface area (Å²) >= 11 is 0. The topological polar surface area (TPSA) is 92.3 Å². The number of fused-ring (bicyclic) bond motifs is 2. The molecule has 7 heteroatoms. The number of rotatable bonds is 2. The molecule has 1 aliphatic rings. The van der Waals surface area contributed by atoms with Crippen molar-refractivity contribution in [3.63, 3.8) is 0 Å². The van der Waals surface area contributed by atoms with Gasteiger partial charge in [0.25, 0.3) is 11.5 Å². The number of carbonyl (C=O) groups is 1. The molecule has 3 aromatic heterocycles. The molecule has 1 saturated carbocycles. The minimum atomic E-state index is -0.440. The van der Waals surface area contributed by atoms with Crippen LogP contribution in [0, 0.1) is 12.3 Å². The fourth-order valence-electron chi connectivity index (χ4n) is 4.16. The average molecular weight is 393 g/mol. The van der Waals surface area contributed by atoms with Gasteiger partial charge in [0.05, 0.1) is 10.9 Å². The summed E-state index contributed by atoms with van der Waals surface area (Å²) < 4.78 is 3.33. The second-order valence-corrected chi connectivity index (χ2v) is 8.96. The highest BCUT2D eigenvalue weighted by atomic mass is 16.2. The first-order chi connectivity index (χ1) is 13.7. The Hall–Kier alpha value is -2.96. The van der Waals surface area contributed by atoms with Gasteiger partial charge in [0.15, 0.2) is 0 Å². The molecule has 0 bridgehead atoms. The Balaban J connectivity index is 2.09. The van der Waals surface area contributed by atoms with E-state index in [0.29, 0.717) is 16.7 Å². The first kappa shape index (κ1) is 19.4. The third-order valence-corrected chi connectivity index (χ3v) is 5.50. The van der Waals surface area contributed by atoms with Crippen LogP contribution in [-0.2, 0) is 0 Å². The van der Waals surface area contributed by atoms with Crippen LogP contribution in [-0.4, -0.2) is 25.4 Å². The van der Waals surface area contributed by atoms with Gasteiger partial charge in [-0.2, -0.15) is 0 Å². The molecule has 0 atom stereocenters. The molecule has 1 fully saturated rings. The van der Waals surface area contributed by atoms with E-state index in [-0.39, 0.29) is 28.6 Å². The maximum absolute atomic E-state index is 13.3. The van der Waals surface area contributed by atoms with Crippen molar-refractivity contribution in [3.8, 4) is 0 Å². The predicted octanol–water partition coefficient (Wildman–Crippen LogP) is 3.08. The zero-order valence-corrected chi connectivity index (χ0v) is 17.4. The molecule has 1 amide bonds. The van der Waals surface area contributed by atoms with E-state index >= 15 is 0 Å². The highest BCUT2D eigenvalue weighted by molar-refractivity contribution is 5.97. The van der Waals surface area contributed by atoms with Gasteiger partial charge < -0.3 is 9.88 Å². The lowest BCUT2D eigenvalue weighted by Gasteiger charge is -2.23. The Bertz CT molecular complexity index is 1240. The molecule has 0 spiro atoms. The number of carbonyl (C=O) groups excluding carboxylic acids is 1. The molecular formula is C22H27N5O2. The van der Waals surface area contributed by atoms with Crippen LogP contribution in [0.3, 0.4) is 0 Å². The Morgan fingerprint density at radius 1 is 1.24 bits per heavy atom. The van der Waals surface area contributed by atoms with Crippen LogP contribution >= 0.6 is 0 Å². The van der Waals surface area contributed by atoms with Gasteiger partial charge in [-0.1, -0.05) is 18.9 Å².